The van der Waals surface area contributed by atoms with Crippen molar-refractivity contribution >= 4 is 12.1 Å². The predicted octanol–water partition coefficient (Wildman–Crippen LogP) is 2.74. The van der Waals surface area contributed by atoms with Crippen molar-refractivity contribution in [3.8, 4) is 0 Å². The number of ether oxygens (including phenoxy) is 4. The first-order chi connectivity index (χ1) is 16.6. The number of amides is 3. The molecule has 1 aliphatic carbocycles. The molecule has 1 unspecified atom stereocenters. The average molecular weight is 492 g/mol. The third-order valence-corrected chi connectivity index (χ3v) is 8.89. The zero-order valence-corrected chi connectivity index (χ0v) is 22.0. The average Bonchev–Trinajstić information content (AvgIpc) is 3.60. The fourth-order valence-corrected chi connectivity index (χ4v) is 6.86. The van der Waals surface area contributed by atoms with Gasteiger partial charge in [0.2, 0.25) is 0 Å². The zero-order chi connectivity index (χ0) is 25.1. The van der Waals surface area contributed by atoms with Crippen LogP contribution in [0.25, 0.3) is 0 Å². The van der Waals surface area contributed by atoms with Crippen LogP contribution in [0, 0.1) is 17.8 Å². The minimum atomic E-state index is -0.346. The number of fused-ring (bicyclic) bond motifs is 1. The van der Waals surface area contributed by atoms with E-state index >= 15 is 0 Å². The number of allylic oxidation sites excluding steroid dienone is 1. The minimum Gasteiger partial charge on any atom is -0.443 e. The fraction of sp³-hybridized carbons (Fsp3) is 0.846. The van der Waals surface area contributed by atoms with Crippen LogP contribution in [-0.4, -0.2) is 110 Å². The Bertz CT molecular complexity index is 870. The number of likely N-dealkylation sites (tertiary alicyclic amines) is 2. The van der Waals surface area contributed by atoms with Crippen LogP contribution in [-0.2, 0) is 18.9 Å². The van der Waals surface area contributed by atoms with E-state index in [1.54, 1.807) is 26.1 Å². The Balaban J connectivity index is 1.21. The van der Waals surface area contributed by atoms with Gasteiger partial charge in [-0.25, -0.2) is 9.59 Å². The van der Waals surface area contributed by atoms with E-state index in [1.165, 1.54) is 5.57 Å². The van der Waals surface area contributed by atoms with Crippen molar-refractivity contribution in [2.45, 2.75) is 69.5 Å². The molecule has 0 N–H and O–H groups in total. The van der Waals surface area contributed by atoms with Gasteiger partial charge in [0.1, 0.15) is 23.4 Å². The van der Waals surface area contributed by atoms with Crippen LogP contribution in [0.1, 0.15) is 40.0 Å². The summed E-state index contributed by atoms with van der Waals surface area (Å²) in [6, 6.07) is 0.0413. The van der Waals surface area contributed by atoms with E-state index in [1.807, 2.05) is 9.80 Å². The first kappa shape index (κ1) is 24.8. The predicted molar refractivity (Wildman–Crippen MR) is 129 cm³/mol. The van der Waals surface area contributed by atoms with E-state index < -0.39 is 0 Å². The molecule has 4 aliphatic heterocycles. The van der Waals surface area contributed by atoms with Gasteiger partial charge >= 0.3 is 12.1 Å². The molecule has 9 heteroatoms. The van der Waals surface area contributed by atoms with E-state index in [2.05, 4.69) is 26.8 Å². The third kappa shape index (κ3) is 4.44. The Hall–Kier alpha value is -1.84. The molecule has 0 aromatic rings. The van der Waals surface area contributed by atoms with Gasteiger partial charge in [0.25, 0.3) is 0 Å². The van der Waals surface area contributed by atoms with Crippen LogP contribution in [0.15, 0.2) is 11.6 Å². The summed E-state index contributed by atoms with van der Waals surface area (Å²) < 4.78 is 24.4. The lowest BCUT2D eigenvalue weighted by Crippen LogP contribution is -2.56. The molecule has 8 atom stereocenters. The Morgan fingerprint density at radius 1 is 1.11 bits per heavy atom. The molecule has 0 aromatic heterocycles. The van der Waals surface area contributed by atoms with Crippen LogP contribution < -0.4 is 0 Å². The van der Waals surface area contributed by atoms with Gasteiger partial charge in [-0.05, 0) is 40.0 Å². The summed E-state index contributed by atoms with van der Waals surface area (Å²) >= 11 is 0. The monoisotopic (exact) mass is 491 g/mol. The Labute approximate surface area is 208 Å². The maximum absolute atomic E-state index is 13.2. The highest BCUT2D eigenvalue weighted by molar-refractivity contribution is 5.74. The molecular weight excluding hydrogens is 450 g/mol. The smallest absolute Gasteiger partial charge is 0.410 e. The normalized spacial score (nSPS) is 41.5. The molecule has 0 aromatic carbocycles. The van der Waals surface area contributed by atoms with E-state index in [4.69, 9.17) is 18.9 Å². The van der Waals surface area contributed by atoms with Gasteiger partial charge in [-0.2, -0.15) is 0 Å². The summed E-state index contributed by atoms with van der Waals surface area (Å²) in [5.74, 6) is 0.633. The lowest BCUT2D eigenvalue weighted by Gasteiger charge is -2.43. The number of nitrogens with zero attached hydrogens (tertiary/aromatic N) is 3. The molecule has 35 heavy (non-hydrogen) atoms. The maximum atomic E-state index is 13.2. The van der Waals surface area contributed by atoms with Gasteiger partial charge in [-0.1, -0.05) is 11.6 Å². The highest BCUT2D eigenvalue weighted by Gasteiger charge is 2.72. The van der Waals surface area contributed by atoms with Crippen LogP contribution in [0.2, 0.25) is 0 Å². The van der Waals surface area contributed by atoms with Crippen molar-refractivity contribution in [3.63, 3.8) is 0 Å². The summed E-state index contributed by atoms with van der Waals surface area (Å²) in [4.78, 5) is 30.8. The van der Waals surface area contributed by atoms with Crippen LogP contribution in [0.4, 0.5) is 9.59 Å². The number of carbonyl (C=O) groups excluding carboxylic acids is 2. The summed E-state index contributed by atoms with van der Waals surface area (Å²) in [6.07, 6.45) is 3.91. The summed E-state index contributed by atoms with van der Waals surface area (Å²) in [6.45, 7) is 9.72. The number of methoxy groups -OCH3 is 1. The maximum Gasteiger partial charge on any atom is 0.410 e. The number of carbonyl (C=O) groups is 2. The summed E-state index contributed by atoms with van der Waals surface area (Å²) in [5, 5.41) is 0. The first-order valence-electron chi connectivity index (χ1n) is 13.0. The third-order valence-electron chi connectivity index (χ3n) is 8.89. The molecule has 1 spiro atoms. The summed E-state index contributed by atoms with van der Waals surface area (Å²) in [5.41, 5.74) is 0.704. The summed E-state index contributed by atoms with van der Waals surface area (Å²) in [7, 11) is 5.25. The second-order valence-corrected chi connectivity index (χ2v) is 11.8. The van der Waals surface area contributed by atoms with E-state index in [0.717, 1.165) is 19.3 Å². The van der Waals surface area contributed by atoms with Crippen molar-refractivity contribution < 1.29 is 28.5 Å². The number of hydrogen-bond acceptors (Lipinski definition) is 6. The van der Waals surface area contributed by atoms with Crippen LogP contribution >= 0.6 is 0 Å². The molecule has 4 heterocycles. The van der Waals surface area contributed by atoms with Crippen LogP contribution in [0.3, 0.4) is 0 Å². The Morgan fingerprint density at radius 3 is 2.29 bits per heavy atom. The first-order valence-corrected chi connectivity index (χ1v) is 13.0. The molecule has 5 rings (SSSR count). The second kappa shape index (κ2) is 8.92. The van der Waals surface area contributed by atoms with Gasteiger partial charge in [-0.15, -0.1) is 0 Å². The lowest BCUT2D eigenvalue weighted by atomic mass is 9.68. The quantitative estimate of drug-likeness (QED) is 0.434. The van der Waals surface area contributed by atoms with Gasteiger partial charge in [0, 0.05) is 59.2 Å². The van der Waals surface area contributed by atoms with Crippen molar-refractivity contribution in [1.29, 1.82) is 0 Å². The minimum absolute atomic E-state index is 0.0191. The van der Waals surface area contributed by atoms with E-state index in [0.29, 0.717) is 44.6 Å². The SMILES string of the molecule is CO[C@H]1C([C@@]2(C)O[C@@H]2CC=C(C)C)[C@]2(CC[C@H]1OC(=O)N1C[C@@H]3CN(C(=O)N(C)C)C[C@@H]3C1)CO2. The standard InChI is InChI=1S/C26H41N3O6/c1-16(2)7-8-20-25(3,35-20)22-21(32-6)19(9-10-26(22)15-33-26)34-24(31)29-13-17-11-28(12-18(17)14-29)23(30)27(4)5/h7,17-22H,8-15H2,1-6H3/t17-,18+,19-,20-,21-,22?,25+,26+/m1/s1. The molecule has 1 saturated carbocycles. The second-order valence-electron chi connectivity index (χ2n) is 11.8. The van der Waals surface area contributed by atoms with Crippen LogP contribution in [0.5, 0.6) is 0 Å². The molecule has 0 radical (unpaired) electrons. The molecule has 5 fully saturated rings. The Morgan fingerprint density at radius 2 is 1.74 bits per heavy atom. The number of urea groups is 1. The van der Waals surface area contributed by atoms with Crippen molar-refractivity contribution in [1.82, 2.24) is 14.7 Å². The molecular formula is C26H41N3O6. The van der Waals surface area contributed by atoms with Gasteiger partial charge in [-0.3, -0.25) is 0 Å². The fourth-order valence-electron chi connectivity index (χ4n) is 6.86. The van der Waals surface area contributed by atoms with E-state index in [9.17, 15) is 9.59 Å². The molecule has 5 aliphatic rings. The number of epoxide rings is 2. The van der Waals surface area contributed by atoms with E-state index in [-0.39, 0.29) is 47.6 Å². The largest absolute Gasteiger partial charge is 0.443 e. The van der Waals surface area contributed by atoms with Crippen molar-refractivity contribution in [2.24, 2.45) is 17.8 Å². The van der Waals surface area contributed by atoms with Gasteiger partial charge < -0.3 is 33.6 Å². The van der Waals surface area contributed by atoms with Gasteiger partial charge in [0.15, 0.2) is 0 Å². The Kier molecular flexibility index (Phi) is 6.33. The number of rotatable bonds is 5. The molecule has 4 saturated heterocycles. The molecule has 0 bridgehead atoms. The molecule has 196 valence electrons. The van der Waals surface area contributed by atoms with Gasteiger partial charge in [0.05, 0.1) is 18.6 Å². The molecule has 9 nitrogen and oxygen atoms in total. The topological polar surface area (TPSA) is 87.4 Å². The number of hydrogen-bond donors (Lipinski definition) is 0. The highest BCUT2D eigenvalue weighted by Crippen LogP contribution is 2.59. The van der Waals surface area contributed by atoms with Crippen molar-refractivity contribution in [3.05, 3.63) is 11.6 Å². The lowest BCUT2D eigenvalue weighted by molar-refractivity contribution is -0.121. The molecule has 3 amide bonds. The highest BCUT2D eigenvalue weighted by atomic mass is 16.6. The van der Waals surface area contributed by atoms with Crippen molar-refractivity contribution in [2.75, 3.05) is 54.0 Å². The zero-order valence-electron chi connectivity index (χ0n) is 22.0.